The van der Waals surface area contributed by atoms with Crippen LogP contribution in [0.1, 0.15) is 31.7 Å². The maximum absolute atomic E-state index is 5.86. The maximum Gasteiger partial charge on any atom is 0.210 e. The van der Waals surface area contributed by atoms with Gasteiger partial charge in [0.05, 0.1) is 0 Å². The summed E-state index contributed by atoms with van der Waals surface area (Å²) in [6.07, 6.45) is 1.18. The van der Waals surface area contributed by atoms with Crippen LogP contribution < -0.4 is 5.19 Å². The van der Waals surface area contributed by atoms with Crippen molar-refractivity contribution >= 4 is 25.1 Å². The summed E-state index contributed by atoms with van der Waals surface area (Å²) in [4.78, 5) is 0. The van der Waals surface area contributed by atoms with Crippen LogP contribution in [-0.4, -0.2) is 8.83 Å². The summed E-state index contributed by atoms with van der Waals surface area (Å²) >= 11 is 5.86. The summed E-state index contributed by atoms with van der Waals surface area (Å²) in [5.74, 6) is 0.632. The second-order valence-electron chi connectivity index (χ2n) is 2.99. The van der Waals surface area contributed by atoms with Crippen molar-refractivity contribution in [3.8, 4) is 0 Å². The number of hydrogen-bond acceptors (Lipinski definition) is 0. The molecule has 0 spiro atoms. The summed E-state index contributed by atoms with van der Waals surface area (Å²) < 4.78 is 0. The second kappa shape index (κ2) is 4.68. The van der Waals surface area contributed by atoms with Gasteiger partial charge in [0.15, 0.2) is 0 Å². The average molecular weight is 197 g/mol. The predicted octanol–water partition coefficient (Wildman–Crippen LogP) is 2.68. The molecule has 0 aliphatic rings. The highest BCUT2D eigenvalue weighted by Gasteiger charge is 2.07. The molecule has 64 valence electrons. The fourth-order valence-corrected chi connectivity index (χ4v) is 2.35. The molecule has 1 unspecified atom stereocenters. The first-order valence-electron chi connectivity index (χ1n) is 4.25. The van der Waals surface area contributed by atoms with E-state index in [2.05, 4.69) is 38.1 Å². The van der Waals surface area contributed by atoms with E-state index in [0.29, 0.717) is 14.7 Å². The van der Waals surface area contributed by atoms with E-state index in [1.807, 2.05) is 0 Å². The molecule has 0 aliphatic carbocycles. The van der Waals surface area contributed by atoms with Crippen molar-refractivity contribution in [2.45, 2.75) is 26.2 Å². The molecule has 1 atom stereocenters. The van der Waals surface area contributed by atoms with Gasteiger partial charge in [0.1, 0.15) is 0 Å². The van der Waals surface area contributed by atoms with E-state index in [9.17, 15) is 0 Å². The predicted molar refractivity (Wildman–Crippen MR) is 56.4 cm³/mol. The zero-order valence-electron chi connectivity index (χ0n) is 7.47. The number of rotatable bonds is 3. The third kappa shape index (κ3) is 2.11. The lowest BCUT2D eigenvalue weighted by Gasteiger charge is -2.12. The molecular formula is C10H13ClSi. The van der Waals surface area contributed by atoms with Gasteiger partial charge in [-0.3, -0.25) is 0 Å². The summed E-state index contributed by atoms with van der Waals surface area (Å²) in [5.41, 5.74) is 1.41. The van der Waals surface area contributed by atoms with Gasteiger partial charge < -0.3 is 0 Å². The van der Waals surface area contributed by atoms with Crippen LogP contribution in [0.2, 0.25) is 0 Å². The van der Waals surface area contributed by atoms with Crippen molar-refractivity contribution in [3.05, 3.63) is 29.8 Å². The molecule has 2 heteroatoms. The van der Waals surface area contributed by atoms with Crippen molar-refractivity contribution in [2.24, 2.45) is 0 Å². The van der Waals surface area contributed by atoms with Gasteiger partial charge in [-0.05, 0) is 23.1 Å². The van der Waals surface area contributed by atoms with Crippen LogP contribution >= 0.6 is 11.1 Å². The summed E-state index contributed by atoms with van der Waals surface area (Å²) in [7, 11) is 0.397. The van der Waals surface area contributed by atoms with Crippen molar-refractivity contribution in [1.82, 2.24) is 0 Å². The van der Waals surface area contributed by atoms with E-state index in [-0.39, 0.29) is 0 Å². The van der Waals surface area contributed by atoms with Gasteiger partial charge in [-0.15, -0.1) is 0 Å². The van der Waals surface area contributed by atoms with Gasteiger partial charge in [-0.25, -0.2) is 0 Å². The maximum atomic E-state index is 5.86. The van der Waals surface area contributed by atoms with E-state index < -0.39 is 0 Å². The van der Waals surface area contributed by atoms with Crippen LogP contribution in [0.3, 0.4) is 0 Å². The SMILES string of the molecule is CCC(C)c1ccccc1[Si]Cl. The molecule has 0 aliphatic heterocycles. The zero-order valence-corrected chi connectivity index (χ0v) is 9.23. The minimum absolute atomic E-state index is 0.397. The highest BCUT2D eigenvalue weighted by Crippen LogP contribution is 2.15. The normalized spacial score (nSPS) is 12.9. The molecule has 0 amide bonds. The Morgan fingerprint density at radius 1 is 1.42 bits per heavy atom. The Balaban J connectivity index is 2.96. The van der Waals surface area contributed by atoms with Crippen LogP contribution in [0.15, 0.2) is 24.3 Å². The van der Waals surface area contributed by atoms with Crippen molar-refractivity contribution in [1.29, 1.82) is 0 Å². The Hall–Kier alpha value is -0.273. The highest BCUT2D eigenvalue weighted by molar-refractivity contribution is 7.01. The molecule has 12 heavy (non-hydrogen) atoms. The first-order valence-corrected chi connectivity index (χ1v) is 6.26. The van der Waals surface area contributed by atoms with Crippen LogP contribution in [0.4, 0.5) is 0 Å². The zero-order chi connectivity index (χ0) is 8.97. The smallest absolute Gasteiger partial charge is 0.165 e. The Morgan fingerprint density at radius 3 is 2.67 bits per heavy atom. The Labute approximate surface area is 81.5 Å². The minimum atomic E-state index is 0.397. The van der Waals surface area contributed by atoms with Gasteiger partial charge in [0.2, 0.25) is 8.83 Å². The average Bonchev–Trinajstić information content (AvgIpc) is 2.16. The summed E-state index contributed by atoms with van der Waals surface area (Å²) in [6, 6.07) is 8.43. The lowest BCUT2D eigenvalue weighted by molar-refractivity contribution is 0.738. The fraction of sp³-hybridized carbons (Fsp3) is 0.400. The second-order valence-corrected chi connectivity index (χ2v) is 4.29. The molecule has 1 aromatic carbocycles. The van der Waals surface area contributed by atoms with Gasteiger partial charge in [-0.2, -0.15) is 11.1 Å². The largest absolute Gasteiger partial charge is 0.210 e. The topological polar surface area (TPSA) is 0 Å². The highest BCUT2D eigenvalue weighted by atomic mass is 35.6. The molecular weight excluding hydrogens is 184 g/mol. The van der Waals surface area contributed by atoms with Gasteiger partial charge in [-0.1, -0.05) is 38.1 Å². The Kier molecular flexibility index (Phi) is 3.83. The van der Waals surface area contributed by atoms with E-state index in [0.717, 1.165) is 0 Å². The lowest BCUT2D eigenvalue weighted by atomic mass is 9.99. The van der Waals surface area contributed by atoms with Crippen LogP contribution in [0.5, 0.6) is 0 Å². The number of hydrogen-bond donors (Lipinski definition) is 0. The Bertz CT molecular complexity index is 247. The molecule has 0 nitrogen and oxygen atoms in total. The quantitative estimate of drug-likeness (QED) is 0.515. The molecule has 0 heterocycles. The van der Waals surface area contributed by atoms with E-state index in [1.54, 1.807) is 0 Å². The fourth-order valence-electron chi connectivity index (χ4n) is 1.23. The first-order chi connectivity index (χ1) is 5.79. The van der Waals surface area contributed by atoms with E-state index >= 15 is 0 Å². The van der Waals surface area contributed by atoms with Gasteiger partial charge in [0, 0.05) is 0 Å². The minimum Gasteiger partial charge on any atom is -0.165 e. The summed E-state index contributed by atoms with van der Waals surface area (Å²) in [5, 5.41) is 1.30. The van der Waals surface area contributed by atoms with E-state index in [4.69, 9.17) is 11.1 Å². The third-order valence-electron chi connectivity index (χ3n) is 2.21. The molecule has 0 saturated heterocycles. The lowest BCUT2D eigenvalue weighted by Crippen LogP contribution is -2.16. The van der Waals surface area contributed by atoms with Gasteiger partial charge >= 0.3 is 0 Å². The molecule has 0 N–H and O–H groups in total. The summed E-state index contributed by atoms with van der Waals surface area (Å²) in [6.45, 7) is 4.45. The molecule has 1 aromatic rings. The molecule has 0 fully saturated rings. The molecule has 0 aromatic heterocycles. The van der Waals surface area contributed by atoms with Gasteiger partial charge in [0.25, 0.3) is 0 Å². The third-order valence-corrected chi connectivity index (χ3v) is 3.48. The number of benzene rings is 1. The van der Waals surface area contributed by atoms with Crippen LogP contribution in [0.25, 0.3) is 0 Å². The monoisotopic (exact) mass is 196 g/mol. The van der Waals surface area contributed by atoms with Crippen molar-refractivity contribution < 1.29 is 0 Å². The Morgan fingerprint density at radius 2 is 2.08 bits per heavy atom. The molecule has 1 rings (SSSR count). The van der Waals surface area contributed by atoms with Crippen LogP contribution in [0, 0.1) is 0 Å². The molecule has 0 saturated carbocycles. The first kappa shape index (κ1) is 9.81. The molecule has 0 bridgehead atoms. The molecule has 2 radical (unpaired) electrons. The standard InChI is InChI=1S/C10H13ClSi/c1-3-8(2)9-6-4-5-7-10(9)12-11/h4-8H,3H2,1-2H3. The van der Waals surface area contributed by atoms with Crippen LogP contribution in [-0.2, 0) is 0 Å². The van der Waals surface area contributed by atoms with Crippen molar-refractivity contribution in [3.63, 3.8) is 0 Å². The van der Waals surface area contributed by atoms with E-state index in [1.165, 1.54) is 17.2 Å². The number of halogens is 1. The van der Waals surface area contributed by atoms with Crippen molar-refractivity contribution in [2.75, 3.05) is 0 Å².